The van der Waals surface area contributed by atoms with Gasteiger partial charge in [-0.05, 0) is 24.3 Å². The number of hydrogen-bond acceptors (Lipinski definition) is 5. The molecular formula is C12H13N3O4S. The highest BCUT2D eigenvalue weighted by Crippen LogP contribution is 2.14. The number of amides is 2. The van der Waals surface area contributed by atoms with Crippen LogP contribution in [0.3, 0.4) is 0 Å². The Labute approximate surface area is 116 Å². The van der Waals surface area contributed by atoms with Crippen LogP contribution in [0.1, 0.15) is 12.8 Å². The Hall–Kier alpha value is -2.22. The number of hydrogen-bond donors (Lipinski definition) is 2. The number of nitrogens with one attached hydrogen (secondary N) is 2. The van der Waals surface area contributed by atoms with E-state index >= 15 is 0 Å². The highest BCUT2D eigenvalue weighted by atomic mass is 32.2. The van der Waals surface area contributed by atoms with Crippen LogP contribution in [0.4, 0.5) is 5.69 Å². The predicted molar refractivity (Wildman–Crippen MR) is 73.0 cm³/mol. The molecule has 0 spiro atoms. The van der Waals surface area contributed by atoms with E-state index in [2.05, 4.69) is 15.8 Å². The molecule has 0 unspecified atom stereocenters. The van der Waals surface area contributed by atoms with Gasteiger partial charge >= 0.3 is 0 Å². The lowest BCUT2D eigenvalue weighted by Gasteiger charge is -2.12. The maximum atomic E-state index is 11.8. The third-order valence-corrected chi connectivity index (χ3v) is 3.84. The van der Waals surface area contributed by atoms with E-state index in [0.29, 0.717) is 5.69 Å². The number of hydrazone groups is 1. The smallest absolute Gasteiger partial charge is 0.271 e. The molecule has 0 saturated heterocycles. The summed E-state index contributed by atoms with van der Waals surface area (Å²) in [6, 6.07) is 5.82. The van der Waals surface area contributed by atoms with E-state index in [1.165, 1.54) is 24.3 Å². The largest absolute Gasteiger partial charge is 0.321 e. The number of anilines is 1. The summed E-state index contributed by atoms with van der Waals surface area (Å²) in [6.45, 7) is 0. The first-order valence-electron chi connectivity index (χ1n) is 5.83. The van der Waals surface area contributed by atoms with Crippen molar-refractivity contribution in [2.75, 3.05) is 11.6 Å². The molecule has 20 heavy (non-hydrogen) atoms. The van der Waals surface area contributed by atoms with Gasteiger partial charge < -0.3 is 5.32 Å². The maximum Gasteiger partial charge on any atom is 0.271 e. The Balaban J connectivity index is 2.07. The molecule has 1 aliphatic heterocycles. The van der Waals surface area contributed by atoms with Crippen molar-refractivity contribution in [3.8, 4) is 0 Å². The SMILES string of the molecule is CS(=O)(=O)c1ccc(NC(=O)C2=NNC(=O)CC2)cc1. The Kier molecular flexibility index (Phi) is 3.84. The fraction of sp³-hybridized carbons (Fsp3) is 0.250. The van der Waals surface area contributed by atoms with Crippen molar-refractivity contribution in [1.29, 1.82) is 0 Å². The van der Waals surface area contributed by atoms with Crippen LogP contribution < -0.4 is 10.7 Å². The number of benzene rings is 1. The average molecular weight is 295 g/mol. The Bertz CT molecular complexity index is 677. The van der Waals surface area contributed by atoms with E-state index < -0.39 is 15.7 Å². The highest BCUT2D eigenvalue weighted by Gasteiger charge is 2.18. The van der Waals surface area contributed by atoms with Crippen LogP contribution in [0.15, 0.2) is 34.3 Å². The van der Waals surface area contributed by atoms with Crippen LogP contribution in [-0.4, -0.2) is 32.2 Å². The maximum absolute atomic E-state index is 11.8. The van der Waals surface area contributed by atoms with Gasteiger partial charge in [-0.15, -0.1) is 0 Å². The molecule has 7 nitrogen and oxygen atoms in total. The molecule has 106 valence electrons. The Morgan fingerprint density at radius 2 is 1.90 bits per heavy atom. The van der Waals surface area contributed by atoms with Crippen molar-refractivity contribution in [2.24, 2.45) is 5.10 Å². The zero-order valence-corrected chi connectivity index (χ0v) is 11.5. The van der Waals surface area contributed by atoms with Gasteiger partial charge in [0.2, 0.25) is 5.91 Å². The second-order valence-electron chi connectivity index (χ2n) is 4.34. The topological polar surface area (TPSA) is 105 Å². The number of sulfone groups is 1. The first-order chi connectivity index (χ1) is 9.36. The lowest BCUT2D eigenvalue weighted by molar-refractivity contribution is -0.121. The summed E-state index contributed by atoms with van der Waals surface area (Å²) >= 11 is 0. The molecule has 0 atom stereocenters. The van der Waals surface area contributed by atoms with Gasteiger partial charge in [-0.3, -0.25) is 9.59 Å². The van der Waals surface area contributed by atoms with Gasteiger partial charge in [0, 0.05) is 24.8 Å². The highest BCUT2D eigenvalue weighted by molar-refractivity contribution is 7.90. The van der Waals surface area contributed by atoms with Crippen molar-refractivity contribution in [3.63, 3.8) is 0 Å². The summed E-state index contributed by atoms with van der Waals surface area (Å²) in [5.41, 5.74) is 2.93. The van der Waals surface area contributed by atoms with Crippen LogP contribution in [-0.2, 0) is 19.4 Å². The van der Waals surface area contributed by atoms with Crippen molar-refractivity contribution in [3.05, 3.63) is 24.3 Å². The van der Waals surface area contributed by atoms with Gasteiger partial charge in [0.1, 0.15) is 5.71 Å². The Morgan fingerprint density at radius 1 is 1.25 bits per heavy atom. The molecule has 0 aromatic heterocycles. The van der Waals surface area contributed by atoms with Crippen molar-refractivity contribution >= 4 is 33.1 Å². The molecule has 1 aromatic rings. The summed E-state index contributed by atoms with van der Waals surface area (Å²) in [5, 5.41) is 6.26. The van der Waals surface area contributed by atoms with Gasteiger partial charge in [0.05, 0.1) is 4.90 Å². The zero-order chi connectivity index (χ0) is 14.8. The summed E-state index contributed by atoms with van der Waals surface area (Å²) in [4.78, 5) is 22.9. The van der Waals surface area contributed by atoms with Crippen LogP contribution in [0.25, 0.3) is 0 Å². The standard InChI is InChI=1S/C12H13N3O4S/c1-20(18,19)9-4-2-8(3-5-9)13-12(17)10-6-7-11(16)15-14-10/h2-5H,6-7H2,1H3,(H,13,17)(H,15,16). The molecule has 8 heteroatoms. The van der Waals surface area contributed by atoms with E-state index in [-0.39, 0.29) is 29.4 Å². The fourth-order valence-electron chi connectivity index (χ4n) is 1.63. The second-order valence-corrected chi connectivity index (χ2v) is 6.36. The first-order valence-corrected chi connectivity index (χ1v) is 7.72. The van der Waals surface area contributed by atoms with E-state index in [1.54, 1.807) is 0 Å². The monoisotopic (exact) mass is 295 g/mol. The third-order valence-electron chi connectivity index (χ3n) is 2.71. The second kappa shape index (κ2) is 5.41. The average Bonchev–Trinajstić information content (AvgIpc) is 2.39. The molecule has 0 aliphatic carbocycles. The van der Waals surface area contributed by atoms with Crippen molar-refractivity contribution < 1.29 is 18.0 Å². The molecule has 1 aromatic carbocycles. The molecule has 2 amide bonds. The molecule has 0 radical (unpaired) electrons. The molecule has 1 heterocycles. The van der Waals surface area contributed by atoms with Gasteiger partial charge in [-0.25, -0.2) is 13.8 Å². The summed E-state index contributed by atoms with van der Waals surface area (Å²) in [5.74, 6) is -0.642. The molecule has 0 bridgehead atoms. The van der Waals surface area contributed by atoms with Crippen LogP contribution >= 0.6 is 0 Å². The van der Waals surface area contributed by atoms with E-state index in [4.69, 9.17) is 0 Å². The number of carbonyl (C=O) groups excluding carboxylic acids is 2. The minimum absolute atomic E-state index is 0.178. The van der Waals surface area contributed by atoms with Crippen molar-refractivity contribution in [1.82, 2.24) is 5.43 Å². The quantitative estimate of drug-likeness (QED) is 0.836. The number of carbonyl (C=O) groups is 2. The first kappa shape index (κ1) is 14.2. The molecule has 0 saturated carbocycles. The van der Waals surface area contributed by atoms with E-state index in [9.17, 15) is 18.0 Å². The summed E-state index contributed by atoms with van der Waals surface area (Å²) < 4.78 is 22.6. The minimum Gasteiger partial charge on any atom is -0.321 e. The molecule has 1 aliphatic rings. The number of rotatable bonds is 3. The number of nitrogens with zero attached hydrogens (tertiary/aromatic N) is 1. The minimum atomic E-state index is -3.26. The van der Waals surface area contributed by atoms with Gasteiger partial charge in [0.25, 0.3) is 5.91 Å². The van der Waals surface area contributed by atoms with Crippen LogP contribution in [0.2, 0.25) is 0 Å². The molecular weight excluding hydrogens is 282 g/mol. The zero-order valence-electron chi connectivity index (χ0n) is 10.7. The Morgan fingerprint density at radius 3 is 2.40 bits per heavy atom. The lowest BCUT2D eigenvalue weighted by Crippen LogP contribution is -2.32. The van der Waals surface area contributed by atoms with E-state index in [0.717, 1.165) is 6.26 Å². The van der Waals surface area contributed by atoms with Crippen LogP contribution in [0, 0.1) is 0 Å². The van der Waals surface area contributed by atoms with Gasteiger partial charge in [-0.2, -0.15) is 5.10 Å². The molecule has 2 N–H and O–H groups in total. The lowest BCUT2D eigenvalue weighted by atomic mass is 10.1. The van der Waals surface area contributed by atoms with Gasteiger partial charge in [0.15, 0.2) is 9.84 Å². The van der Waals surface area contributed by atoms with E-state index in [1.807, 2.05) is 0 Å². The predicted octanol–water partition coefficient (Wildman–Crippen LogP) is 0.295. The normalized spacial score (nSPS) is 15.2. The summed E-state index contributed by atoms with van der Waals surface area (Å²) in [6.07, 6.45) is 1.61. The van der Waals surface area contributed by atoms with Crippen LogP contribution in [0.5, 0.6) is 0 Å². The molecule has 0 fully saturated rings. The van der Waals surface area contributed by atoms with Crippen molar-refractivity contribution in [2.45, 2.75) is 17.7 Å². The third kappa shape index (κ3) is 3.41. The fourth-order valence-corrected chi connectivity index (χ4v) is 2.26. The molecule has 2 rings (SSSR count). The van der Waals surface area contributed by atoms with Gasteiger partial charge in [-0.1, -0.05) is 0 Å². The summed E-state index contributed by atoms with van der Waals surface area (Å²) in [7, 11) is -3.26.